The highest BCUT2D eigenvalue weighted by molar-refractivity contribution is 5.78. The van der Waals surface area contributed by atoms with Crippen LogP contribution in [0.15, 0.2) is 41.2 Å². The maximum absolute atomic E-state index is 13.1. The van der Waals surface area contributed by atoms with Crippen LogP contribution in [0.2, 0.25) is 0 Å². The Hall–Kier alpha value is -2.47. The second kappa shape index (κ2) is 10.2. The number of carbonyl (C=O) groups is 1. The molecule has 0 saturated carbocycles. The maximum Gasteiger partial charge on any atom is 0.253 e. The second-order valence-corrected chi connectivity index (χ2v) is 10.2. The van der Waals surface area contributed by atoms with Gasteiger partial charge >= 0.3 is 0 Å². The number of rotatable bonds is 5. The number of amides is 1. The summed E-state index contributed by atoms with van der Waals surface area (Å²) in [5.41, 5.74) is 2.40. The molecule has 2 saturated heterocycles. The van der Waals surface area contributed by atoms with Crippen molar-refractivity contribution in [2.45, 2.75) is 63.8 Å². The summed E-state index contributed by atoms with van der Waals surface area (Å²) >= 11 is 0. The van der Waals surface area contributed by atoms with Crippen LogP contribution >= 0.6 is 0 Å². The van der Waals surface area contributed by atoms with Gasteiger partial charge in [0.05, 0.1) is 12.2 Å². The van der Waals surface area contributed by atoms with E-state index in [1.807, 2.05) is 4.57 Å². The van der Waals surface area contributed by atoms with Gasteiger partial charge in [0.1, 0.15) is 5.82 Å². The highest BCUT2D eigenvalue weighted by Crippen LogP contribution is 2.27. The molecule has 0 aliphatic carbocycles. The van der Waals surface area contributed by atoms with Crippen molar-refractivity contribution in [1.82, 2.24) is 19.4 Å². The lowest BCUT2D eigenvalue weighted by Gasteiger charge is -2.34. The number of hydrogen-bond donors (Lipinski definition) is 0. The molecule has 0 bridgehead atoms. The Bertz CT molecular complexity index is 1020. The maximum atomic E-state index is 13.1. The van der Waals surface area contributed by atoms with Gasteiger partial charge in [-0.05, 0) is 56.6 Å². The van der Waals surface area contributed by atoms with Gasteiger partial charge < -0.3 is 4.90 Å². The fourth-order valence-electron chi connectivity index (χ4n) is 5.86. The van der Waals surface area contributed by atoms with E-state index in [9.17, 15) is 9.59 Å². The average Bonchev–Trinajstić information content (AvgIpc) is 3.15. The van der Waals surface area contributed by atoms with E-state index < -0.39 is 0 Å². The molecule has 0 spiro atoms. The fraction of sp³-hybridized carbons (Fsp3) is 0.593. The van der Waals surface area contributed by atoms with Crippen molar-refractivity contribution in [1.29, 1.82) is 0 Å². The molecule has 2 atom stereocenters. The van der Waals surface area contributed by atoms with Crippen molar-refractivity contribution >= 4 is 5.91 Å². The molecule has 2 fully saturated rings. The third-order valence-corrected chi connectivity index (χ3v) is 7.68. The predicted octanol–water partition coefficient (Wildman–Crippen LogP) is 3.24. The number of aryl methyl sites for hydroxylation is 1. The van der Waals surface area contributed by atoms with Gasteiger partial charge in [-0.2, -0.15) is 0 Å². The number of nitrogens with zero attached hydrogens (tertiary/aromatic N) is 4. The molecule has 176 valence electrons. The summed E-state index contributed by atoms with van der Waals surface area (Å²) in [4.78, 5) is 35.0. The van der Waals surface area contributed by atoms with E-state index in [0.717, 1.165) is 82.8 Å². The Kier molecular flexibility index (Phi) is 6.91. The molecular formula is C27H36N4O2. The van der Waals surface area contributed by atoms with Crippen molar-refractivity contribution in [2.24, 2.45) is 5.92 Å². The molecule has 0 unspecified atom stereocenters. The highest BCUT2D eigenvalue weighted by Gasteiger charge is 2.30. The molecule has 1 aromatic heterocycles. The van der Waals surface area contributed by atoms with Gasteiger partial charge in [-0.3, -0.25) is 19.1 Å². The van der Waals surface area contributed by atoms with Gasteiger partial charge in [0.15, 0.2) is 0 Å². The molecule has 0 N–H and O–H groups in total. The molecule has 3 aliphatic rings. The first-order valence-electron chi connectivity index (χ1n) is 12.8. The van der Waals surface area contributed by atoms with Gasteiger partial charge in [-0.15, -0.1) is 0 Å². The molecular weight excluding hydrogens is 412 g/mol. The van der Waals surface area contributed by atoms with Gasteiger partial charge in [0.25, 0.3) is 5.56 Å². The van der Waals surface area contributed by atoms with Gasteiger partial charge in [-0.25, -0.2) is 4.98 Å². The zero-order valence-electron chi connectivity index (χ0n) is 19.6. The van der Waals surface area contributed by atoms with Crippen LogP contribution in [0, 0.1) is 5.92 Å². The minimum atomic E-state index is 0.101. The van der Waals surface area contributed by atoms with E-state index in [4.69, 9.17) is 4.98 Å². The second-order valence-electron chi connectivity index (χ2n) is 10.2. The average molecular weight is 449 g/mol. The number of fused-ring (bicyclic) bond motifs is 1. The lowest BCUT2D eigenvalue weighted by Crippen LogP contribution is -2.45. The fourth-order valence-corrected chi connectivity index (χ4v) is 5.86. The summed E-state index contributed by atoms with van der Waals surface area (Å²) in [6.07, 6.45) is 8.56. The minimum absolute atomic E-state index is 0.101. The predicted molar refractivity (Wildman–Crippen MR) is 129 cm³/mol. The van der Waals surface area contributed by atoms with E-state index in [-0.39, 0.29) is 17.4 Å². The van der Waals surface area contributed by atoms with E-state index >= 15 is 0 Å². The van der Waals surface area contributed by atoms with E-state index in [1.54, 1.807) is 6.07 Å². The Morgan fingerprint density at radius 1 is 0.970 bits per heavy atom. The molecule has 5 rings (SSSR count). The van der Waals surface area contributed by atoms with Crippen LogP contribution in [0.1, 0.15) is 61.5 Å². The summed E-state index contributed by atoms with van der Waals surface area (Å²) in [6.45, 7) is 4.76. The van der Waals surface area contributed by atoms with Crippen LogP contribution < -0.4 is 5.56 Å². The molecule has 2 aromatic rings. The zero-order valence-corrected chi connectivity index (χ0v) is 19.6. The van der Waals surface area contributed by atoms with E-state index in [2.05, 4.69) is 40.1 Å². The van der Waals surface area contributed by atoms with Crippen LogP contribution in [-0.4, -0.2) is 58.0 Å². The van der Waals surface area contributed by atoms with Crippen molar-refractivity contribution in [3.8, 4) is 0 Å². The van der Waals surface area contributed by atoms with Crippen LogP contribution in [0.5, 0.6) is 0 Å². The molecule has 6 heteroatoms. The molecule has 3 aliphatic heterocycles. The van der Waals surface area contributed by atoms with Crippen LogP contribution in [0.25, 0.3) is 0 Å². The molecule has 33 heavy (non-hydrogen) atoms. The first kappa shape index (κ1) is 22.3. The third kappa shape index (κ3) is 5.37. The van der Waals surface area contributed by atoms with Crippen molar-refractivity contribution < 1.29 is 4.79 Å². The lowest BCUT2D eigenvalue weighted by atomic mass is 9.91. The normalized spacial score (nSPS) is 23.8. The monoisotopic (exact) mass is 448 g/mol. The summed E-state index contributed by atoms with van der Waals surface area (Å²) in [5, 5.41) is 0. The number of aromatic nitrogens is 2. The molecule has 1 aromatic carbocycles. The van der Waals surface area contributed by atoms with Crippen molar-refractivity contribution in [3.05, 3.63) is 63.8 Å². The first-order chi connectivity index (χ1) is 16.2. The molecule has 1 amide bonds. The topological polar surface area (TPSA) is 58.4 Å². The van der Waals surface area contributed by atoms with Crippen LogP contribution in [0.4, 0.5) is 0 Å². The van der Waals surface area contributed by atoms with Gasteiger partial charge in [-0.1, -0.05) is 36.8 Å². The Labute approximate surface area is 196 Å². The number of benzene rings is 1. The smallest absolute Gasteiger partial charge is 0.253 e. The Balaban J connectivity index is 1.17. The van der Waals surface area contributed by atoms with Gasteiger partial charge in [0, 0.05) is 44.6 Å². The lowest BCUT2D eigenvalue weighted by molar-refractivity contribution is -0.134. The number of piperidine rings is 1. The molecule has 0 radical (unpaired) electrons. The summed E-state index contributed by atoms with van der Waals surface area (Å²) in [7, 11) is 0. The quantitative estimate of drug-likeness (QED) is 0.705. The first-order valence-corrected chi connectivity index (χ1v) is 12.8. The number of carbonyl (C=O) groups excluding carboxylic acids is 1. The standard InChI is InChI=1S/C27H36N4O2/c32-26-17-24(28-25-11-5-2-6-14-31(25)26)23-12-15-29(19-23)20-27(33)30-13-7-10-22(18-30)16-21-8-3-1-4-9-21/h1,3-4,8-9,17,22-23H,2,5-7,10-16,18-20H2/t22-,23-/m0/s1. The van der Waals surface area contributed by atoms with E-state index in [0.29, 0.717) is 12.5 Å². The SMILES string of the molecule is O=C(CN1CC[C@H](c2cc(=O)n3c(n2)CCCCC3)C1)N1CCC[C@@H](Cc2ccccc2)C1. The zero-order chi connectivity index (χ0) is 22.6. The van der Waals surface area contributed by atoms with Crippen molar-refractivity contribution in [2.75, 3.05) is 32.7 Å². The summed E-state index contributed by atoms with van der Waals surface area (Å²) in [6, 6.07) is 12.4. The number of likely N-dealkylation sites (tertiary alicyclic amines) is 2. The highest BCUT2D eigenvalue weighted by atomic mass is 16.2. The minimum Gasteiger partial charge on any atom is -0.341 e. The number of hydrogen-bond acceptors (Lipinski definition) is 4. The van der Waals surface area contributed by atoms with Crippen LogP contribution in [-0.2, 0) is 24.2 Å². The molecule has 4 heterocycles. The van der Waals surface area contributed by atoms with E-state index in [1.165, 1.54) is 18.4 Å². The Morgan fingerprint density at radius 3 is 2.73 bits per heavy atom. The summed E-state index contributed by atoms with van der Waals surface area (Å²) in [5.74, 6) is 2.02. The Morgan fingerprint density at radius 2 is 1.85 bits per heavy atom. The van der Waals surface area contributed by atoms with Gasteiger partial charge in [0.2, 0.25) is 5.91 Å². The largest absolute Gasteiger partial charge is 0.341 e. The summed E-state index contributed by atoms with van der Waals surface area (Å²) < 4.78 is 1.87. The van der Waals surface area contributed by atoms with Crippen LogP contribution in [0.3, 0.4) is 0 Å². The van der Waals surface area contributed by atoms with Crippen molar-refractivity contribution in [3.63, 3.8) is 0 Å². The molecule has 6 nitrogen and oxygen atoms in total. The third-order valence-electron chi connectivity index (χ3n) is 7.68.